The maximum absolute atomic E-state index is 13.2. The van der Waals surface area contributed by atoms with Crippen LogP contribution in [0.25, 0.3) is 0 Å². The average Bonchev–Trinajstić information content (AvgIpc) is 3.21. The molecular formula is C28H24ClNO4. The zero-order valence-corrected chi connectivity index (χ0v) is 19.8. The number of benzene rings is 3. The fraction of sp³-hybridized carbons (Fsp3) is 0.214. The van der Waals surface area contributed by atoms with Gasteiger partial charge in [0.15, 0.2) is 0 Å². The molecule has 172 valence electrons. The summed E-state index contributed by atoms with van der Waals surface area (Å²) < 4.78 is 11.3. The number of rotatable bonds is 5. The summed E-state index contributed by atoms with van der Waals surface area (Å²) in [7, 11) is 0. The number of halogens is 1. The number of cyclic esters (lactones) is 1. The minimum atomic E-state index is -0.379. The van der Waals surface area contributed by atoms with Gasteiger partial charge in [-0.15, -0.1) is 0 Å². The molecule has 3 aromatic rings. The van der Waals surface area contributed by atoms with Gasteiger partial charge < -0.3 is 9.47 Å². The van der Waals surface area contributed by atoms with Gasteiger partial charge in [-0.25, -0.2) is 4.79 Å². The first-order chi connectivity index (χ1) is 16.4. The van der Waals surface area contributed by atoms with E-state index < -0.39 is 0 Å². The van der Waals surface area contributed by atoms with Gasteiger partial charge in [0.25, 0.3) is 0 Å². The highest BCUT2D eigenvalue weighted by molar-refractivity contribution is 6.31. The van der Waals surface area contributed by atoms with Gasteiger partial charge in [0.05, 0.1) is 17.0 Å². The zero-order chi connectivity index (χ0) is 23.8. The van der Waals surface area contributed by atoms with Gasteiger partial charge in [0.2, 0.25) is 5.91 Å². The van der Waals surface area contributed by atoms with Crippen LogP contribution in [0.3, 0.4) is 0 Å². The summed E-state index contributed by atoms with van der Waals surface area (Å²) in [6.45, 7) is 4.51. The van der Waals surface area contributed by atoms with Gasteiger partial charge in [-0.3, -0.25) is 9.69 Å². The van der Waals surface area contributed by atoms with Gasteiger partial charge in [-0.05, 0) is 60.4 Å². The zero-order valence-electron chi connectivity index (χ0n) is 19.0. The SMILES string of the molecule is Cc1ccc(N2C(=O)CC(c3ccc(OCc4ccccc4C)cc3)C3=C2COC3=O)cc1Cl. The standard InChI is InChI=1S/C28H24ClNO4/c1-17-5-3-4-6-20(17)15-33-22-11-8-19(9-12-22)23-14-26(31)30(25-16-34-28(32)27(23)25)21-10-7-18(2)24(29)13-21/h3-13,23H,14-16H2,1-2H3. The number of ether oxygens (including phenoxy) is 2. The van der Waals surface area contributed by atoms with Crippen molar-refractivity contribution in [2.75, 3.05) is 11.5 Å². The molecule has 5 rings (SSSR count). The molecule has 0 radical (unpaired) electrons. The Morgan fingerprint density at radius 2 is 1.76 bits per heavy atom. The number of anilines is 1. The lowest BCUT2D eigenvalue weighted by Crippen LogP contribution is -2.37. The van der Waals surface area contributed by atoms with E-state index in [1.54, 1.807) is 11.0 Å². The van der Waals surface area contributed by atoms with E-state index in [2.05, 4.69) is 13.0 Å². The van der Waals surface area contributed by atoms with E-state index >= 15 is 0 Å². The lowest BCUT2D eigenvalue weighted by atomic mass is 9.84. The molecule has 1 amide bonds. The van der Waals surface area contributed by atoms with Crippen molar-refractivity contribution in [3.05, 3.63) is 105 Å². The monoisotopic (exact) mass is 473 g/mol. The third kappa shape index (κ3) is 4.08. The molecule has 2 aliphatic rings. The van der Waals surface area contributed by atoms with Crippen LogP contribution in [0.2, 0.25) is 5.02 Å². The molecular weight excluding hydrogens is 450 g/mol. The first kappa shape index (κ1) is 22.2. The molecule has 34 heavy (non-hydrogen) atoms. The van der Waals surface area contributed by atoms with E-state index in [9.17, 15) is 9.59 Å². The predicted molar refractivity (Wildman–Crippen MR) is 131 cm³/mol. The van der Waals surface area contributed by atoms with Gasteiger partial charge in [0.1, 0.15) is 19.0 Å². The molecule has 1 atom stereocenters. The van der Waals surface area contributed by atoms with Crippen LogP contribution in [-0.2, 0) is 20.9 Å². The molecule has 1 unspecified atom stereocenters. The third-order valence-corrected chi connectivity index (χ3v) is 6.88. The van der Waals surface area contributed by atoms with Crippen LogP contribution in [0.4, 0.5) is 5.69 Å². The molecule has 0 aromatic heterocycles. The number of esters is 1. The number of nitrogens with zero attached hydrogens (tertiary/aromatic N) is 1. The van der Waals surface area contributed by atoms with Crippen LogP contribution in [0.5, 0.6) is 5.75 Å². The smallest absolute Gasteiger partial charge is 0.336 e. The average molecular weight is 474 g/mol. The predicted octanol–water partition coefficient (Wildman–Crippen LogP) is 5.87. The summed E-state index contributed by atoms with van der Waals surface area (Å²) in [6, 6.07) is 21.2. The summed E-state index contributed by atoms with van der Waals surface area (Å²) >= 11 is 6.30. The molecule has 5 nitrogen and oxygen atoms in total. The summed E-state index contributed by atoms with van der Waals surface area (Å²) in [4.78, 5) is 27.5. The van der Waals surface area contributed by atoms with Crippen molar-refractivity contribution in [2.24, 2.45) is 0 Å². The molecule has 2 heterocycles. The van der Waals surface area contributed by atoms with E-state index in [0.717, 1.165) is 22.4 Å². The van der Waals surface area contributed by atoms with Gasteiger partial charge in [-0.2, -0.15) is 0 Å². The molecule has 0 bridgehead atoms. The summed E-state index contributed by atoms with van der Waals surface area (Å²) in [6.07, 6.45) is 0.169. The van der Waals surface area contributed by atoms with Crippen LogP contribution in [-0.4, -0.2) is 18.5 Å². The Morgan fingerprint density at radius 3 is 2.50 bits per heavy atom. The topological polar surface area (TPSA) is 55.8 Å². The number of hydrogen-bond acceptors (Lipinski definition) is 4. The Labute approximate surface area is 203 Å². The molecule has 0 fully saturated rings. The fourth-order valence-corrected chi connectivity index (χ4v) is 4.66. The van der Waals surface area contributed by atoms with Gasteiger partial charge in [-0.1, -0.05) is 54.1 Å². The fourth-order valence-electron chi connectivity index (χ4n) is 4.49. The molecule has 6 heteroatoms. The first-order valence-corrected chi connectivity index (χ1v) is 11.6. The van der Waals surface area contributed by atoms with Crippen molar-refractivity contribution < 1.29 is 19.1 Å². The summed E-state index contributed by atoms with van der Waals surface area (Å²) in [5.74, 6) is -0.106. The van der Waals surface area contributed by atoms with Crippen molar-refractivity contribution in [1.82, 2.24) is 0 Å². The Hall–Kier alpha value is -3.57. The Balaban J connectivity index is 1.41. The van der Waals surface area contributed by atoms with Crippen molar-refractivity contribution in [3.8, 4) is 5.75 Å². The second kappa shape index (κ2) is 8.99. The summed E-state index contributed by atoms with van der Waals surface area (Å²) in [5, 5.41) is 0.570. The largest absolute Gasteiger partial charge is 0.489 e. The molecule has 2 aliphatic heterocycles. The van der Waals surface area contributed by atoms with Crippen molar-refractivity contribution in [3.63, 3.8) is 0 Å². The van der Waals surface area contributed by atoms with Gasteiger partial charge in [0, 0.05) is 17.4 Å². The maximum atomic E-state index is 13.2. The van der Waals surface area contributed by atoms with E-state index in [1.807, 2.05) is 61.5 Å². The highest BCUT2D eigenvalue weighted by Gasteiger charge is 2.43. The van der Waals surface area contributed by atoms with Crippen molar-refractivity contribution >= 4 is 29.2 Å². The Morgan fingerprint density at radius 1 is 1.00 bits per heavy atom. The molecule has 3 aromatic carbocycles. The first-order valence-electron chi connectivity index (χ1n) is 11.2. The van der Waals surface area contributed by atoms with Crippen LogP contribution in [0, 0.1) is 13.8 Å². The normalized spacial score (nSPS) is 17.6. The third-order valence-electron chi connectivity index (χ3n) is 6.47. The Kier molecular flexibility index (Phi) is 5.88. The van der Waals surface area contributed by atoms with Crippen molar-refractivity contribution in [1.29, 1.82) is 0 Å². The number of amides is 1. The minimum Gasteiger partial charge on any atom is -0.489 e. The van der Waals surface area contributed by atoms with E-state index in [1.165, 1.54) is 5.56 Å². The number of carbonyl (C=O) groups excluding carboxylic acids is 2. The van der Waals surface area contributed by atoms with E-state index in [-0.39, 0.29) is 30.8 Å². The highest BCUT2D eigenvalue weighted by atomic mass is 35.5. The van der Waals surface area contributed by atoms with E-state index in [0.29, 0.717) is 28.6 Å². The minimum absolute atomic E-state index is 0.0690. The molecule has 0 saturated carbocycles. The Bertz CT molecular complexity index is 1310. The quantitative estimate of drug-likeness (QED) is 0.435. The molecule has 0 spiro atoms. The lowest BCUT2D eigenvalue weighted by Gasteiger charge is -2.32. The number of hydrogen-bond donors (Lipinski definition) is 0. The van der Waals surface area contributed by atoms with Crippen LogP contribution >= 0.6 is 11.6 Å². The molecule has 0 saturated heterocycles. The maximum Gasteiger partial charge on any atom is 0.336 e. The molecule has 0 N–H and O–H groups in total. The number of aryl methyl sites for hydroxylation is 2. The van der Waals surface area contributed by atoms with E-state index in [4.69, 9.17) is 21.1 Å². The van der Waals surface area contributed by atoms with Crippen LogP contribution < -0.4 is 9.64 Å². The summed E-state index contributed by atoms with van der Waals surface area (Å²) in [5.41, 5.74) is 5.87. The van der Waals surface area contributed by atoms with Crippen LogP contribution in [0.1, 0.15) is 34.6 Å². The second-order valence-corrected chi connectivity index (χ2v) is 9.05. The second-order valence-electron chi connectivity index (χ2n) is 8.64. The highest BCUT2D eigenvalue weighted by Crippen LogP contribution is 2.42. The number of carbonyl (C=O) groups is 2. The van der Waals surface area contributed by atoms with Crippen LogP contribution in [0.15, 0.2) is 78.0 Å². The van der Waals surface area contributed by atoms with Gasteiger partial charge >= 0.3 is 5.97 Å². The molecule has 0 aliphatic carbocycles. The van der Waals surface area contributed by atoms with Crippen molar-refractivity contribution in [2.45, 2.75) is 32.8 Å². The lowest BCUT2D eigenvalue weighted by molar-refractivity contribution is -0.136.